The fraction of sp³-hybridized carbons (Fsp3) is 0.353. The Kier molecular flexibility index (Phi) is 6.19. The first-order chi connectivity index (χ1) is 10.3. The molecular weight excluding hydrogens is 264 g/mol. The molecule has 0 aliphatic heterocycles. The number of ether oxygens (including phenoxy) is 2. The molecule has 0 saturated carbocycles. The minimum absolute atomic E-state index is 0.657. The molecule has 0 unspecified atom stereocenters. The van der Waals surface area contributed by atoms with Crippen molar-refractivity contribution in [3.8, 4) is 5.88 Å². The number of hydrogen-bond acceptors (Lipinski definition) is 4. The van der Waals surface area contributed by atoms with Gasteiger partial charge in [-0.1, -0.05) is 30.3 Å². The van der Waals surface area contributed by atoms with E-state index >= 15 is 0 Å². The molecule has 0 saturated heterocycles. The molecule has 4 heteroatoms. The average molecular weight is 286 g/mol. The van der Waals surface area contributed by atoms with Gasteiger partial charge in [-0.2, -0.15) is 0 Å². The molecule has 2 aromatic rings. The predicted molar refractivity (Wildman–Crippen MR) is 83.1 cm³/mol. The van der Waals surface area contributed by atoms with Crippen LogP contribution >= 0.6 is 0 Å². The summed E-state index contributed by atoms with van der Waals surface area (Å²) in [5.41, 5.74) is 3.54. The van der Waals surface area contributed by atoms with Crippen molar-refractivity contribution >= 4 is 0 Å². The van der Waals surface area contributed by atoms with Crippen molar-refractivity contribution in [2.45, 2.75) is 26.6 Å². The van der Waals surface area contributed by atoms with Gasteiger partial charge in [-0.25, -0.2) is 4.98 Å². The first-order valence-electron chi connectivity index (χ1n) is 7.18. The van der Waals surface area contributed by atoms with E-state index in [1.807, 2.05) is 25.1 Å². The Morgan fingerprint density at radius 3 is 2.48 bits per heavy atom. The van der Waals surface area contributed by atoms with Crippen molar-refractivity contribution in [3.05, 3.63) is 59.3 Å². The number of benzene rings is 1. The van der Waals surface area contributed by atoms with Crippen LogP contribution in [0.5, 0.6) is 5.88 Å². The summed E-state index contributed by atoms with van der Waals surface area (Å²) in [7, 11) is 1.64. The summed E-state index contributed by atoms with van der Waals surface area (Å²) < 4.78 is 10.8. The second-order valence-electron chi connectivity index (χ2n) is 4.68. The van der Waals surface area contributed by atoms with Gasteiger partial charge in [0, 0.05) is 31.5 Å². The quantitative estimate of drug-likeness (QED) is 0.810. The van der Waals surface area contributed by atoms with Crippen LogP contribution < -0.4 is 10.1 Å². The maximum Gasteiger partial charge on any atom is 0.217 e. The summed E-state index contributed by atoms with van der Waals surface area (Å²) in [5, 5.41) is 3.43. The molecule has 0 spiro atoms. The molecular formula is C17H22N2O2. The van der Waals surface area contributed by atoms with Crippen LogP contribution in [0, 0.1) is 0 Å². The molecule has 0 atom stereocenters. The summed E-state index contributed by atoms with van der Waals surface area (Å²) in [6.45, 7) is 4.91. The summed E-state index contributed by atoms with van der Waals surface area (Å²) in [5.74, 6) is 0.674. The molecule has 0 amide bonds. The molecule has 0 fully saturated rings. The van der Waals surface area contributed by atoms with E-state index in [4.69, 9.17) is 9.47 Å². The standard InChI is InChI=1S/C17H22N2O2/c1-3-21-13-16-8-5-4-7-14(16)11-18-12-15-9-6-10-19-17(15)20-2/h4-10,18H,3,11-13H2,1-2H3. The Balaban J connectivity index is 1.94. The van der Waals surface area contributed by atoms with Gasteiger partial charge < -0.3 is 14.8 Å². The summed E-state index contributed by atoms with van der Waals surface area (Å²) in [6, 6.07) is 12.3. The Labute approximate surface area is 126 Å². The first kappa shape index (κ1) is 15.5. The molecule has 0 radical (unpaired) electrons. The van der Waals surface area contributed by atoms with E-state index in [-0.39, 0.29) is 0 Å². The van der Waals surface area contributed by atoms with Gasteiger partial charge in [0.2, 0.25) is 5.88 Å². The summed E-state index contributed by atoms with van der Waals surface area (Å²) in [6.07, 6.45) is 1.74. The third kappa shape index (κ3) is 4.55. The van der Waals surface area contributed by atoms with Gasteiger partial charge in [-0.15, -0.1) is 0 Å². The lowest BCUT2D eigenvalue weighted by molar-refractivity contribution is 0.133. The minimum Gasteiger partial charge on any atom is -0.481 e. The monoisotopic (exact) mass is 286 g/mol. The van der Waals surface area contributed by atoms with E-state index in [1.54, 1.807) is 13.3 Å². The van der Waals surface area contributed by atoms with Gasteiger partial charge in [0.25, 0.3) is 0 Å². The smallest absolute Gasteiger partial charge is 0.217 e. The van der Waals surface area contributed by atoms with Gasteiger partial charge in [0.15, 0.2) is 0 Å². The number of methoxy groups -OCH3 is 1. The molecule has 1 N–H and O–H groups in total. The molecule has 1 heterocycles. The van der Waals surface area contributed by atoms with Crippen molar-refractivity contribution in [1.82, 2.24) is 10.3 Å². The third-order valence-electron chi connectivity index (χ3n) is 3.25. The van der Waals surface area contributed by atoms with Crippen LogP contribution in [0.25, 0.3) is 0 Å². The van der Waals surface area contributed by atoms with Crippen molar-refractivity contribution < 1.29 is 9.47 Å². The SMILES string of the molecule is CCOCc1ccccc1CNCc1cccnc1OC. The van der Waals surface area contributed by atoms with E-state index in [1.165, 1.54) is 11.1 Å². The van der Waals surface area contributed by atoms with Crippen LogP contribution in [0.3, 0.4) is 0 Å². The zero-order chi connectivity index (χ0) is 14.9. The Bertz CT molecular complexity index is 558. The normalized spacial score (nSPS) is 10.6. The van der Waals surface area contributed by atoms with Gasteiger partial charge in [0.05, 0.1) is 13.7 Å². The lowest BCUT2D eigenvalue weighted by atomic mass is 10.1. The number of nitrogens with one attached hydrogen (secondary N) is 1. The maximum absolute atomic E-state index is 5.50. The van der Waals surface area contributed by atoms with E-state index in [0.29, 0.717) is 12.5 Å². The molecule has 0 bridgehead atoms. The molecule has 1 aromatic carbocycles. The highest BCUT2D eigenvalue weighted by Crippen LogP contribution is 2.14. The lowest BCUT2D eigenvalue weighted by Crippen LogP contribution is -2.15. The molecule has 112 valence electrons. The van der Waals surface area contributed by atoms with E-state index in [2.05, 4.69) is 28.5 Å². The van der Waals surface area contributed by atoms with Crippen LogP contribution in [-0.2, 0) is 24.4 Å². The minimum atomic E-state index is 0.657. The van der Waals surface area contributed by atoms with Gasteiger partial charge in [-0.05, 0) is 24.1 Å². The van der Waals surface area contributed by atoms with Gasteiger partial charge >= 0.3 is 0 Å². The number of aromatic nitrogens is 1. The highest BCUT2D eigenvalue weighted by molar-refractivity contribution is 5.28. The van der Waals surface area contributed by atoms with Gasteiger partial charge in [-0.3, -0.25) is 0 Å². The van der Waals surface area contributed by atoms with Crippen molar-refractivity contribution in [3.63, 3.8) is 0 Å². The van der Waals surface area contributed by atoms with Crippen LogP contribution in [0.2, 0.25) is 0 Å². The number of hydrogen-bond donors (Lipinski definition) is 1. The Morgan fingerprint density at radius 2 is 1.71 bits per heavy atom. The Morgan fingerprint density at radius 1 is 1.00 bits per heavy atom. The molecule has 0 aliphatic rings. The number of pyridine rings is 1. The fourth-order valence-corrected chi connectivity index (χ4v) is 2.16. The molecule has 1 aromatic heterocycles. The van der Waals surface area contributed by atoms with E-state index < -0.39 is 0 Å². The zero-order valence-electron chi connectivity index (χ0n) is 12.6. The largest absolute Gasteiger partial charge is 0.481 e. The first-order valence-corrected chi connectivity index (χ1v) is 7.18. The zero-order valence-corrected chi connectivity index (χ0v) is 12.6. The topological polar surface area (TPSA) is 43.4 Å². The third-order valence-corrected chi connectivity index (χ3v) is 3.25. The Hall–Kier alpha value is -1.91. The van der Waals surface area contributed by atoms with Crippen molar-refractivity contribution in [2.24, 2.45) is 0 Å². The summed E-state index contributed by atoms with van der Waals surface area (Å²) >= 11 is 0. The van der Waals surface area contributed by atoms with Crippen molar-refractivity contribution in [2.75, 3.05) is 13.7 Å². The van der Waals surface area contributed by atoms with Gasteiger partial charge in [0.1, 0.15) is 0 Å². The molecule has 2 rings (SSSR count). The second-order valence-corrected chi connectivity index (χ2v) is 4.68. The van der Waals surface area contributed by atoms with Crippen LogP contribution in [0.1, 0.15) is 23.6 Å². The number of rotatable bonds is 8. The molecule has 21 heavy (non-hydrogen) atoms. The number of nitrogens with zero attached hydrogens (tertiary/aromatic N) is 1. The summed E-state index contributed by atoms with van der Waals surface area (Å²) in [4.78, 5) is 4.20. The molecule has 0 aliphatic carbocycles. The highest BCUT2D eigenvalue weighted by atomic mass is 16.5. The maximum atomic E-state index is 5.50. The second kappa shape index (κ2) is 8.39. The van der Waals surface area contributed by atoms with E-state index in [0.717, 1.165) is 25.3 Å². The fourth-order valence-electron chi connectivity index (χ4n) is 2.16. The predicted octanol–water partition coefficient (Wildman–Crippen LogP) is 2.92. The van der Waals surface area contributed by atoms with Crippen LogP contribution in [0.15, 0.2) is 42.6 Å². The molecule has 4 nitrogen and oxygen atoms in total. The van der Waals surface area contributed by atoms with Crippen molar-refractivity contribution in [1.29, 1.82) is 0 Å². The average Bonchev–Trinajstić information content (AvgIpc) is 2.54. The van der Waals surface area contributed by atoms with Crippen LogP contribution in [-0.4, -0.2) is 18.7 Å². The highest BCUT2D eigenvalue weighted by Gasteiger charge is 2.04. The van der Waals surface area contributed by atoms with E-state index in [9.17, 15) is 0 Å². The van der Waals surface area contributed by atoms with Crippen LogP contribution in [0.4, 0.5) is 0 Å². The lowest BCUT2D eigenvalue weighted by Gasteiger charge is -2.11.